The lowest BCUT2D eigenvalue weighted by molar-refractivity contribution is -0.145. The number of rotatable bonds is 7. The molecule has 1 aliphatic heterocycles. The summed E-state index contributed by atoms with van der Waals surface area (Å²) in [6.07, 6.45) is 0. The van der Waals surface area contributed by atoms with Crippen LogP contribution in [0.3, 0.4) is 0 Å². The van der Waals surface area contributed by atoms with Crippen LogP contribution in [0.15, 0.2) is 35.7 Å². The van der Waals surface area contributed by atoms with Crippen molar-refractivity contribution in [3.8, 4) is 11.5 Å². The van der Waals surface area contributed by atoms with Crippen LogP contribution < -0.4 is 14.8 Å². The number of hydrogen-bond donors (Lipinski definition) is 1. The standard InChI is InChI=1S/C19H19NO6S/c1-11(2)17(20-18(22)16-4-3-7-27-16)19(23)24-9-13(21)12-5-6-14-15(8-12)26-10-25-14/h3-8,11,17H,9-10H2,1-2H3,(H,20,22)/t17-/m0/s1. The minimum atomic E-state index is -0.843. The van der Waals surface area contributed by atoms with Gasteiger partial charge in [0.05, 0.1) is 4.88 Å². The summed E-state index contributed by atoms with van der Waals surface area (Å²) in [5, 5.41) is 4.44. The van der Waals surface area contributed by atoms with Crippen LogP contribution in [0.2, 0.25) is 0 Å². The number of nitrogens with one attached hydrogen (secondary N) is 1. The van der Waals surface area contributed by atoms with Gasteiger partial charge < -0.3 is 19.5 Å². The zero-order valence-electron chi connectivity index (χ0n) is 14.9. The van der Waals surface area contributed by atoms with Crippen LogP contribution in [0.1, 0.15) is 33.9 Å². The van der Waals surface area contributed by atoms with E-state index in [-0.39, 0.29) is 24.4 Å². The highest BCUT2D eigenvalue weighted by atomic mass is 32.1. The van der Waals surface area contributed by atoms with E-state index in [4.69, 9.17) is 14.2 Å². The lowest BCUT2D eigenvalue weighted by atomic mass is 10.0. The number of carbonyl (C=O) groups is 3. The molecule has 2 aromatic rings. The second-order valence-corrected chi connectivity index (χ2v) is 7.22. The van der Waals surface area contributed by atoms with E-state index in [1.165, 1.54) is 11.3 Å². The molecule has 1 aliphatic rings. The first-order chi connectivity index (χ1) is 13.0. The maximum absolute atomic E-state index is 12.4. The normalized spacial score (nSPS) is 13.3. The van der Waals surface area contributed by atoms with Crippen molar-refractivity contribution in [2.75, 3.05) is 13.4 Å². The molecule has 0 spiro atoms. The van der Waals surface area contributed by atoms with Gasteiger partial charge in [-0.3, -0.25) is 9.59 Å². The molecule has 1 aromatic carbocycles. The Kier molecular flexibility index (Phi) is 5.75. The Morgan fingerprint density at radius 3 is 2.67 bits per heavy atom. The van der Waals surface area contributed by atoms with Crippen LogP contribution in [0.25, 0.3) is 0 Å². The van der Waals surface area contributed by atoms with Crippen LogP contribution in [-0.2, 0) is 9.53 Å². The predicted molar refractivity (Wildman–Crippen MR) is 98.3 cm³/mol. The van der Waals surface area contributed by atoms with Crippen molar-refractivity contribution in [1.29, 1.82) is 0 Å². The molecule has 2 heterocycles. The van der Waals surface area contributed by atoms with E-state index in [2.05, 4.69) is 5.32 Å². The van der Waals surface area contributed by atoms with Crippen LogP contribution in [0.5, 0.6) is 11.5 Å². The largest absolute Gasteiger partial charge is 0.456 e. The Bertz CT molecular complexity index is 846. The average molecular weight is 389 g/mol. The molecule has 1 N–H and O–H groups in total. The first-order valence-electron chi connectivity index (χ1n) is 8.39. The van der Waals surface area contributed by atoms with E-state index in [0.717, 1.165) is 0 Å². The van der Waals surface area contributed by atoms with Crippen molar-refractivity contribution in [3.63, 3.8) is 0 Å². The van der Waals surface area contributed by atoms with E-state index in [1.54, 1.807) is 49.6 Å². The van der Waals surface area contributed by atoms with Crippen molar-refractivity contribution in [1.82, 2.24) is 5.32 Å². The fourth-order valence-corrected chi connectivity index (χ4v) is 3.12. The van der Waals surface area contributed by atoms with Crippen molar-refractivity contribution in [2.45, 2.75) is 19.9 Å². The molecule has 0 unspecified atom stereocenters. The molecular formula is C19H19NO6S. The predicted octanol–water partition coefficient (Wildman–Crippen LogP) is 2.66. The second kappa shape index (κ2) is 8.22. The number of carbonyl (C=O) groups excluding carboxylic acids is 3. The molecule has 0 aliphatic carbocycles. The maximum Gasteiger partial charge on any atom is 0.329 e. The van der Waals surface area contributed by atoms with Gasteiger partial charge in [-0.1, -0.05) is 19.9 Å². The molecular weight excluding hydrogens is 370 g/mol. The highest BCUT2D eigenvalue weighted by molar-refractivity contribution is 7.12. The summed E-state index contributed by atoms with van der Waals surface area (Å²) in [6.45, 7) is 3.28. The van der Waals surface area contributed by atoms with E-state index in [1.807, 2.05) is 0 Å². The zero-order chi connectivity index (χ0) is 19.4. The number of ether oxygens (including phenoxy) is 3. The highest BCUT2D eigenvalue weighted by Gasteiger charge is 2.27. The van der Waals surface area contributed by atoms with E-state index in [0.29, 0.717) is 21.9 Å². The molecule has 1 aromatic heterocycles. The fourth-order valence-electron chi connectivity index (χ4n) is 2.50. The molecule has 8 heteroatoms. The van der Waals surface area contributed by atoms with Crippen LogP contribution in [-0.4, -0.2) is 37.1 Å². The molecule has 0 saturated heterocycles. The van der Waals surface area contributed by atoms with Gasteiger partial charge in [-0.2, -0.15) is 0 Å². The van der Waals surface area contributed by atoms with Gasteiger partial charge >= 0.3 is 5.97 Å². The van der Waals surface area contributed by atoms with Crippen LogP contribution in [0, 0.1) is 5.92 Å². The molecule has 0 bridgehead atoms. The number of hydrogen-bond acceptors (Lipinski definition) is 7. The molecule has 1 amide bonds. The van der Waals surface area contributed by atoms with E-state index in [9.17, 15) is 14.4 Å². The summed E-state index contributed by atoms with van der Waals surface area (Å²) < 4.78 is 15.6. The van der Waals surface area contributed by atoms with E-state index >= 15 is 0 Å². The van der Waals surface area contributed by atoms with Gasteiger partial charge in [0.25, 0.3) is 5.91 Å². The van der Waals surface area contributed by atoms with Crippen molar-refractivity contribution >= 4 is 29.0 Å². The quantitative estimate of drug-likeness (QED) is 0.578. The Morgan fingerprint density at radius 2 is 1.96 bits per heavy atom. The van der Waals surface area contributed by atoms with Crippen molar-refractivity contribution in [3.05, 3.63) is 46.2 Å². The highest BCUT2D eigenvalue weighted by Crippen LogP contribution is 2.32. The number of fused-ring (bicyclic) bond motifs is 1. The second-order valence-electron chi connectivity index (χ2n) is 6.27. The summed E-state index contributed by atoms with van der Waals surface area (Å²) >= 11 is 1.28. The number of thiophene rings is 1. The van der Waals surface area contributed by atoms with Crippen molar-refractivity contribution in [2.24, 2.45) is 5.92 Å². The molecule has 7 nitrogen and oxygen atoms in total. The number of ketones is 1. The van der Waals surface area contributed by atoms with Crippen LogP contribution in [0.4, 0.5) is 0 Å². The zero-order valence-corrected chi connectivity index (χ0v) is 15.7. The van der Waals surface area contributed by atoms with Gasteiger partial charge in [-0.05, 0) is 35.6 Å². The third-order valence-electron chi connectivity index (χ3n) is 3.99. The molecule has 0 radical (unpaired) electrons. The Labute approximate surface area is 160 Å². The molecule has 3 rings (SSSR count). The SMILES string of the molecule is CC(C)[C@H](NC(=O)c1cccs1)C(=O)OCC(=O)c1ccc2c(c1)OCO2. The van der Waals surface area contributed by atoms with Gasteiger partial charge in [-0.25, -0.2) is 4.79 Å². The summed E-state index contributed by atoms with van der Waals surface area (Å²) in [7, 11) is 0. The molecule has 1 atom stereocenters. The van der Waals surface area contributed by atoms with Crippen LogP contribution >= 0.6 is 11.3 Å². The minimum Gasteiger partial charge on any atom is -0.456 e. The topological polar surface area (TPSA) is 90.9 Å². The lowest BCUT2D eigenvalue weighted by Crippen LogP contribution is -2.45. The summed E-state index contributed by atoms with van der Waals surface area (Å²) in [6, 6.07) is 7.36. The number of esters is 1. The third-order valence-corrected chi connectivity index (χ3v) is 4.86. The van der Waals surface area contributed by atoms with Gasteiger partial charge in [0, 0.05) is 5.56 Å². The minimum absolute atomic E-state index is 0.113. The summed E-state index contributed by atoms with van der Waals surface area (Å²) in [4.78, 5) is 37.4. The number of Topliss-reactive ketones (excluding diaryl/α,β-unsaturated/α-hetero) is 1. The smallest absolute Gasteiger partial charge is 0.329 e. The molecule has 0 saturated carbocycles. The van der Waals surface area contributed by atoms with Gasteiger partial charge in [0.2, 0.25) is 6.79 Å². The Hall–Kier alpha value is -2.87. The van der Waals surface area contributed by atoms with E-state index < -0.39 is 18.6 Å². The first-order valence-corrected chi connectivity index (χ1v) is 9.27. The van der Waals surface area contributed by atoms with Crippen molar-refractivity contribution < 1.29 is 28.6 Å². The Morgan fingerprint density at radius 1 is 1.19 bits per heavy atom. The molecule has 142 valence electrons. The maximum atomic E-state index is 12.4. The van der Waals surface area contributed by atoms with Gasteiger partial charge in [-0.15, -0.1) is 11.3 Å². The number of benzene rings is 1. The average Bonchev–Trinajstić information content (AvgIpc) is 3.34. The number of amides is 1. The van der Waals surface area contributed by atoms with Gasteiger partial charge in [0.1, 0.15) is 6.04 Å². The lowest BCUT2D eigenvalue weighted by Gasteiger charge is -2.20. The first kappa shape index (κ1) is 18.9. The monoisotopic (exact) mass is 389 g/mol. The molecule has 0 fully saturated rings. The summed E-state index contributed by atoms with van der Waals surface area (Å²) in [5.41, 5.74) is 0.357. The van der Waals surface area contributed by atoms with Gasteiger partial charge in [0.15, 0.2) is 23.9 Å². The molecule has 27 heavy (non-hydrogen) atoms. The summed E-state index contributed by atoms with van der Waals surface area (Å²) in [5.74, 6) is -0.502. The Balaban J connectivity index is 1.59. The third kappa shape index (κ3) is 4.46. The fraction of sp³-hybridized carbons (Fsp3) is 0.316.